The normalized spacial score (nSPS) is 12.2. The molecule has 0 fully saturated rings. The third kappa shape index (κ3) is 2.24. The Labute approximate surface area is 111 Å². The molecule has 0 bridgehead atoms. The quantitative estimate of drug-likeness (QED) is 0.812. The molecule has 2 aromatic rings. The van der Waals surface area contributed by atoms with E-state index in [4.69, 9.17) is 10.7 Å². The van der Waals surface area contributed by atoms with Crippen LogP contribution in [-0.4, -0.2) is 17.8 Å². The van der Waals surface area contributed by atoms with Crippen molar-refractivity contribution in [3.63, 3.8) is 0 Å². The molecular formula is C12H15ClN2O2S. The van der Waals surface area contributed by atoms with Crippen molar-refractivity contribution in [2.75, 3.05) is 0 Å². The fraction of sp³-hybridized carbons (Fsp3) is 0.417. The maximum Gasteiger partial charge on any atom is 0.279 e. The van der Waals surface area contributed by atoms with Gasteiger partial charge in [0.25, 0.3) is 9.05 Å². The molecule has 0 saturated carbocycles. The summed E-state index contributed by atoms with van der Waals surface area (Å²) >= 11 is 0. The van der Waals surface area contributed by atoms with Gasteiger partial charge in [-0.25, -0.2) is 13.4 Å². The van der Waals surface area contributed by atoms with Gasteiger partial charge in [-0.2, -0.15) is 0 Å². The Balaban J connectivity index is 2.84. The van der Waals surface area contributed by atoms with Gasteiger partial charge in [0, 0.05) is 16.9 Å². The van der Waals surface area contributed by atoms with Crippen molar-refractivity contribution in [3.05, 3.63) is 29.6 Å². The lowest BCUT2D eigenvalue weighted by molar-refractivity contribution is 0.603. The van der Waals surface area contributed by atoms with Crippen LogP contribution in [0.2, 0.25) is 0 Å². The first kappa shape index (κ1) is 13.4. The van der Waals surface area contributed by atoms with Gasteiger partial charge in [-0.1, -0.05) is 26.3 Å². The molecule has 0 aliphatic heterocycles. The smallest absolute Gasteiger partial charge is 0.279 e. The molecule has 0 saturated heterocycles. The minimum Gasteiger partial charge on any atom is -0.289 e. The van der Waals surface area contributed by atoms with Crippen molar-refractivity contribution in [2.24, 2.45) is 0 Å². The Morgan fingerprint density at radius 1 is 1.39 bits per heavy atom. The minimum absolute atomic E-state index is 0.108. The van der Waals surface area contributed by atoms with Gasteiger partial charge in [0.15, 0.2) is 5.03 Å². The molecule has 2 aromatic heterocycles. The van der Waals surface area contributed by atoms with E-state index in [1.807, 2.05) is 26.0 Å². The average Bonchev–Trinajstić information content (AvgIpc) is 2.66. The average molecular weight is 287 g/mol. The summed E-state index contributed by atoms with van der Waals surface area (Å²) in [4.78, 5) is 4.44. The minimum atomic E-state index is -3.79. The second kappa shape index (κ2) is 4.90. The van der Waals surface area contributed by atoms with E-state index in [-0.39, 0.29) is 5.03 Å². The Hall–Kier alpha value is -1.07. The number of imidazole rings is 1. The van der Waals surface area contributed by atoms with Gasteiger partial charge in [-0.15, -0.1) is 0 Å². The molecule has 0 N–H and O–H groups in total. The van der Waals surface area contributed by atoms with Crippen LogP contribution in [-0.2, 0) is 21.9 Å². The molecule has 0 atom stereocenters. The summed E-state index contributed by atoms with van der Waals surface area (Å²) < 4.78 is 25.0. The lowest BCUT2D eigenvalue weighted by Crippen LogP contribution is -2.01. The van der Waals surface area contributed by atoms with Gasteiger partial charge in [0.2, 0.25) is 0 Å². The number of pyridine rings is 1. The third-order valence-electron chi connectivity index (χ3n) is 2.85. The molecule has 0 aromatic carbocycles. The van der Waals surface area contributed by atoms with Crippen molar-refractivity contribution in [1.29, 1.82) is 0 Å². The first-order valence-corrected chi connectivity index (χ1v) is 8.23. The van der Waals surface area contributed by atoms with Crippen LogP contribution in [0.1, 0.15) is 31.5 Å². The van der Waals surface area contributed by atoms with E-state index < -0.39 is 9.05 Å². The van der Waals surface area contributed by atoms with Crippen molar-refractivity contribution in [1.82, 2.24) is 9.38 Å². The first-order chi connectivity index (χ1) is 8.49. The van der Waals surface area contributed by atoms with Gasteiger partial charge >= 0.3 is 0 Å². The van der Waals surface area contributed by atoms with Crippen LogP contribution in [0.25, 0.3) is 5.65 Å². The van der Waals surface area contributed by atoms with Crippen LogP contribution in [0, 0.1) is 0 Å². The highest BCUT2D eigenvalue weighted by molar-refractivity contribution is 8.13. The van der Waals surface area contributed by atoms with Crippen molar-refractivity contribution in [3.8, 4) is 0 Å². The molecule has 2 heterocycles. The molecule has 0 radical (unpaired) electrons. The molecule has 6 heteroatoms. The fourth-order valence-electron chi connectivity index (χ4n) is 2.08. The molecular weight excluding hydrogens is 272 g/mol. The van der Waals surface area contributed by atoms with Gasteiger partial charge in [0.05, 0.1) is 5.69 Å². The summed E-state index contributed by atoms with van der Waals surface area (Å²) in [6.07, 6.45) is 3.92. The number of hydrogen-bond acceptors (Lipinski definition) is 3. The van der Waals surface area contributed by atoms with E-state index in [1.165, 1.54) is 0 Å². The molecule has 0 amide bonds. The molecule has 0 aliphatic rings. The van der Waals surface area contributed by atoms with Crippen molar-refractivity contribution < 1.29 is 8.42 Å². The number of aromatic nitrogens is 2. The summed E-state index contributed by atoms with van der Waals surface area (Å²) in [6.45, 7) is 3.99. The standard InChI is InChI=1S/C12H15ClN2O2S/c1-3-6-10-12(18(13,16)17)15-8-5-7-9(4-2)11(15)14-10/h5,7-8H,3-4,6H2,1-2H3. The number of fused-ring (bicyclic) bond motifs is 1. The van der Waals surface area contributed by atoms with Crippen molar-refractivity contribution >= 4 is 25.4 Å². The highest BCUT2D eigenvalue weighted by Gasteiger charge is 2.23. The topological polar surface area (TPSA) is 51.4 Å². The van der Waals surface area contributed by atoms with Gasteiger partial charge in [0.1, 0.15) is 5.65 Å². The van der Waals surface area contributed by atoms with Gasteiger partial charge in [-0.3, -0.25) is 4.40 Å². The summed E-state index contributed by atoms with van der Waals surface area (Å²) in [5.74, 6) is 0. The summed E-state index contributed by atoms with van der Waals surface area (Å²) in [6, 6.07) is 3.76. The zero-order valence-electron chi connectivity index (χ0n) is 10.4. The number of aryl methyl sites for hydroxylation is 2. The van der Waals surface area contributed by atoms with E-state index in [2.05, 4.69) is 4.98 Å². The summed E-state index contributed by atoms with van der Waals surface area (Å²) in [7, 11) is 1.74. The number of halogens is 1. The molecule has 4 nitrogen and oxygen atoms in total. The zero-order valence-corrected chi connectivity index (χ0v) is 11.9. The van der Waals surface area contributed by atoms with Gasteiger partial charge < -0.3 is 0 Å². The van der Waals surface area contributed by atoms with Crippen LogP contribution >= 0.6 is 10.7 Å². The second-order valence-corrected chi connectivity index (χ2v) is 6.61. The predicted molar refractivity (Wildman–Crippen MR) is 71.6 cm³/mol. The maximum atomic E-state index is 11.7. The molecule has 2 rings (SSSR count). The zero-order chi connectivity index (χ0) is 13.3. The Kier molecular flexibility index (Phi) is 3.64. The number of hydrogen-bond donors (Lipinski definition) is 0. The number of nitrogens with zero attached hydrogens (tertiary/aromatic N) is 2. The molecule has 0 spiro atoms. The van der Waals surface area contributed by atoms with E-state index in [9.17, 15) is 8.42 Å². The lowest BCUT2D eigenvalue weighted by atomic mass is 10.2. The Morgan fingerprint density at radius 2 is 2.11 bits per heavy atom. The van der Waals surface area contributed by atoms with Crippen LogP contribution in [0.4, 0.5) is 0 Å². The second-order valence-electron chi connectivity index (χ2n) is 4.13. The third-order valence-corrected chi connectivity index (χ3v) is 4.19. The van der Waals surface area contributed by atoms with Crippen LogP contribution in [0.15, 0.2) is 23.4 Å². The monoisotopic (exact) mass is 286 g/mol. The van der Waals surface area contributed by atoms with Crippen LogP contribution in [0.5, 0.6) is 0 Å². The fourth-order valence-corrected chi connectivity index (χ4v) is 3.38. The summed E-state index contributed by atoms with van der Waals surface area (Å²) in [5.41, 5.74) is 2.25. The van der Waals surface area contributed by atoms with Crippen LogP contribution in [0.3, 0.4) is 0 Å². The van der Waals surface area contributed by atoms with Crippen LogP contribution < -0.4 is 0 Å². The number of rotatable bonds is 4. The molecule has 0 unspecified atom stereocenters. The largest absolute Gasteiger partial charge is 0.289 e. The van der Waals surface area contributed by atoms with E-state index in [0.29, 0.717) is 17.8 Å². The Bertz CT molecular complexity index is 677. The highest BCUT2D eigenvalue weighted by Crippen LogP contribution is 2.24. The van der Waals surface area contributed by atoms with E-state index >= 15 is 0 Å². The molecule has 18 heavy (non-hydrogen) atoms. The highest BCUT2D eigenvalue weighted by atomic mass is 35.7. The molecule has 0 aliphatic carbocycles. The predicted octanol–water partition coefficient (Wildman–Crippen LogP) is 2.78. The first-order valence-electron chi connectivity index (χ1n) is 5.92. The Morgan fingerprint density at radius 3 is 2.67 bits per heavy atom. The van der Waals surface area contributed by atoms with Crippen molar-refractivity contribution in [2.45, 2.75) is 38.1 Å². The van der Waals surface area contributed by atoms with E-state index in [1.54, 1.807) is 10.6 Å². The summed E-state index contributed by atoms with van der Waals surface area (Å²) in [5, 5.41) is 0.108. The molecule has 98 valence electrons. The van der Waals surface area contributed by atoms with Gasteiger partial charge in [-0.05, 0) is 24.5 Å². The SMILES string of the molecule is CCCc1nc2c(CC)cccn2c1S(=O)(=O)Cl. The van der Waals surface area contributed by atoms with E-state index in [0.717, 1.165) is 18.4 Å². The lowest BCUT2D eigenvalue weighted by Gasteiger charge is -2.02. The maximum absolute atomic E-state index is 11.7.